The van der Waals surface area contributed by atoms with E-state index in [4.69, 9.17) is 4.52 Å². The van der Waals surface area contributed by atoms with Crippen LogP contribution >= 0.6 is 0 Å². The average molecular weight is 321 g/mol. The number of carbonyl (C=O) groups excluding carboxylic acids is 1. The van der Waals surface area contributed by atoms with Gasteiger partial charge in [-0.15, -0.1) is 0 Å². The first kappa shape index (κ1) is 15.6. The van der Waals surface area contributed by atoms with E-state index in [-0.39, 0.29) is 24.7 Å². The van der Waals surface area contributed by atoms with Gasteiger partial charge in [0, 0.05) is 25.6 Å². The molecule has 5 nitrogen and oxygen atoms in total. The fraction of sp³-hybridized carbons (Fsp3) is 0.438. The second kappa shape index (κ2) is 6.44. The van der Waals surface area contributed by atoms with E-state index < -0.39 is 11.6 Å². The Hall–Kier alpha value is -2.31. The van der Waals surface area contributed by atoms with E-state index in [2.05, 4.69) is 10.1 Å². The predicted octanol–water partition coefficient (Wildman–Crippen LogP) is 2.60. The molecule has 3 rings (SSSR count). The molecule has 1 aliphatic rings. The Labute approximate surface area is 132 Å². The minimum atomic E-state index is -0.616. The number of likely N-dealkylation sites (tertiary alicyclic amines) is 1. The Bertz CT molecular complexity index is 717. The average Bonchev–Trinajstić information content (AvgIpc) is 3.14. The molecule has 0 saturated carbocycles. The van der Waals surface area contributed by atoms with Crippen LogP contribution in [0.4, 0.5) is 8.78 Å². The van der Waals surface area contributed by atoms with Crippen molar-refractivity contribution in [2.45, 2.75) is 32.1 Å². The van der Waals surface area contributed by atoms with Crippen LogP contribution in [0.1, 0.15) is 36.0 Å². The minimum absolute atomic E-state index is 0.0486. The van der Waals surface area contributed by atoms with Crippen LogP contribution in [-0.4, -0.2) is 34.0 Å². The fourth-order valence-electron chi connectivity index (χ4n) is 2.79. The van der Waals surface area contributed by atoms with Gasteiger partial charge in [0.1, 0.15) is 11.6 Å². The zero-order valence-electron chi connectivity index (χ0n) is 12.8. The molecule has 0 radical (unpaired) electrons. The topological polar surface area (TPSA) is 59.2 Å². The quantitative estimate of drug-likeness (QED) is 0.868. The van der Waals surface area contributed by atoms with Crippen LogP contribution in [0.15, 0.2) is 22.7 Å². The van der Waals surface area contributed by atoms with Crippen molar-refractivity contribution in [3.63, 3.8) is 0 Å². The third-order valence-corrected chi connectivity index (χ3v) is 4.06. The molecule has 1 aliphatic heterocycles. The van der Waals surface area contributed by atoms with Gasteiger partial charge in [-0.25, -0.2) is 8.78 Å². The Kier molecular flexibility index (Phi) is 4.36. The molecule has 2 heterocycles. The molecule has 2 aromatic rings. The van der Waals surface area contributed by atoms with Gasteiger partial charge in [0.25, 0.3) is 0 Å². The van der Waals surface area contributed by atoms with Crippen LogP contribution in [0.3, 0.4) is 0 Å². The van der Waals surface area contributed by atoms with Crippen LogP contribution in [-0.2, 0) is 11.2 Å². The molecule has 1 aromatic heterocycles. The number of amides is 1. The molecule has 1 amide bonds. The van der Waals surface area contributed by atoms with Crippen molar-refractivity contribution in [2.75, 3.05) is 13.1 Å². The van der Waals surface area contributed by atoms with Crippen LogP contribution in [0.25, 0.3) is 0 Å². The minimum Gasteiger partial charge on any atom is -0.342 e. The summed E-state index contributed by atoms with van der Waals surface area (Å²) in [5.41, 5.74) is 0.350. The number of hydrogen-bond donors (Lipinski definition) is 0. The van der Waals surface area contributed by atoms with Crippen molar-refractivity contribution < 1.29 is 18.1 Å². The summed E-state index contributed by atoms with van der Waals surface area (Å²) < 4.78 is 31.6. The monoisotopic (exact) mass is 321 g/mol. The van der Waals surface area contributed by atoms with Gasteiger partial charge in [0.05, 0.1) is 5.92 Å². The van der Waals surface area contributed by atoms with Gasteiger partial charge in [0.15, 0.2) is 5.82 Å². The van der Waals surface area contributed by atoms with E-state index in [1.54, 1.807) is 11.8 Å². The van der Waals surface area contributed by atoms with Crippen LogP contribution in [0.5, 0.6) is 0 Å². The Morgan fingerprint density at radius 1 is 1.43 bits per heavy atom. The lowest BCUT2D eigenvalue weighted by Gasteiger charge is -2.15. The molecule has 0 N–H and O–H groups in total. The smallest absolute Gasteiger partial charge is 0.231 e. The molecule has 0 aliphatic carbocycles. The van der Waals surface area contributed by atoms with Crippen LogP contribution in [0.2, 0.25) is 0 Å². The number of rotatable bonds is 4. The number of benzene rings is 1. The first-order chi connectivity index (χ1) is 11.0. The van der Waals surface area contributed by atoms with Gasteiger partial charge in [-0.3, -0.25) is 4.79 Å². The molecule has 1 aromatic carbocycles. The van der Waals surface area contributed by atoms with Crippen molar-refractivity contribution in [3.05, 3.63) is 47.1 Å². The molecule has 1 fully saturated rings. The zero-order valence-corrected chi connectivity index (χ0v) is 12.8. The van der Waals surface area contributed by atoms with E-state index in [0.717, 1.165) is 12.5 Å². The number of aromatic nitrogens is 2. The lowest BCUT2D eigenvalue weighted by atomic mass is 10.1. The Balaban J connectivity index is 1.55. The number of carbonyl (C=O) groups is 1. The number of nitrogens with zero attached hydrogens (tertiary/aromatic N) is 3. The molecule has 23 heavy (non-hydrogen) atoms. The normalized spacial score (nSPS) is 17.7. The van der Waals surface area contributed by atoms with Gasteiger partial charge in [-0.1, -0.05) is 11.2 Å². The maximum Gasteiger partial charge on any atom is 0.231 e. The molecule has 1 atom stereocenters. The number of hydrogen-bond acceptors (Lipinski definition) is 4. The predicted molar refractivity (Wildman–Crippen MR) is 77.7 cm³/mol. The fourth-order valence-corrected chi connectivity index (χ4v) is 2.79. The summed E-state index contributed by atoms with van der Waals surface area (Å²) >= 11 is 0. The van der Waals surface area contributed by atoms with E-state index in [0.29, 0.717) is 30.4 Å². The Morgan fingerprint density at radius 2 is 2.26 bits per heavy atom. The molecule has 7 heteroatoms. The van der Waals surface area contributed by atoms with E-state index in [9.17, 15) is 13.6 Å². The highest BCUT2D eigenvalue weighted by molar-refractivity contribution is 5.76. The number of halogens is 2. The van der Waals surface area contributed by atoms with Crippen molar-refractivity contribution in [3.8, 4) is 0 Å². The van der Waals surface area contributed by atoms with E-state index in [1.165, 1.54) is 12.1 Å². The highest BCUT2D eigenvalue weighted by atomic mass is 19.1. The van der Waals surface area contributed by atoms with Crippen molar-refractivity contribution in [1.82, 2.24) is 15.0 Å². The summed E-state index contributed by atoms with van der Waals surface area (Å²) in [5, 5.41) is 3.76. The van der Waals surface area contributed by atoms with Crippen molar-refractivity contribution >= 4 is 5.91 Å². The summed E-state index contributed by atoms with van der Waals surface area (Å²) in [7, 11) is 0. The molecule has 1 saturated heterocycles. The van der Waals surface area contributed by atoms with E-state index >= 15 is 0 Å². The summed E-state index contributed by atoms with van der Waals surface area (Å²) in [5.74, 6) is -0.0812. The van der Waals surface area contributed by atoms with Crippen molar-refractivity contribution in [2.24, 2.45) is 0 Å². The summed E-state index contributed by atoms with van der Waals surface area (Å²) in [6, 6.07) is 3.42. The first-order valence-corrected chi connectivity index (χ1v) is 7.55. The SMILES string of the molecule is Cc1noc(C2CCN(C(=O)CCc3ccc(F)cc3F)C2)n1. The molecule has 0 spiro atoms. The third kappa shape index (κ3) is 3.55. The lowest BCUT2D eigenvalue weighted by Crippen LogP contribution is -2.28. The number of aryl methyl sites for hydroxylation is 2. The van der Waals surface area contributed by atoms with Crippen LogP contribution in [0, 0.1) is 18.6 Å². The van der Waals surface area contributed by atoms with E-state index in [1.807, 2.05) is 0 Å². The lowest BCUT2D eigenvalue weighted by molar-refractivity contribution is -0.130. The molecular formula is C16H17F2N3O2. The van der Waals surface area contributed by atoms with Gasteiger partial charge in [-0.2, -0.15) is 4.98 Å². The molecule has 122 valence electrons. The maximum absolute atomic E-state index is 13.6. The highest BCUT2D eigenvalue weighted by Gasteiger charge is 2.30. The van der Waals surface area contributed by atoms with Crippen LogP contribution < -0.4 is 0 Å². The summed E-state index contributed by atoms with van der Waals surface area (Å²) in [4.78, 5) is 18.2. The second-order valence-corrected chi connectivity index (χ2v) is 5.74. The first-order valence-electron chi connectivity index (χ1n) is 7.55. The molecule has 1 unspecified atom stereocenters. The third-order valence-electron chi connectivity index (χ3n) is 4.06. The summed E-state index contributed by atoms with van der Waals surface area (Å²) in [6.45, 7) is 2.91. The maximum atomic E-state index is 13.6. The molecule has 0 bridgehead atoms. The Morgan fingerprint density at radius 3 is 2.96 bits per heavy atom. The standard InChI is InChI=1S/C16H17F2N3O2/c1-10-19-16(23-20-10)12-6-7-21(9-12)15(22)5-3-11-2-4-13(17)8-14(11)18/h2,4,8,12H,3,5-7,9H2,1H3. The summed E-state index contributed by atoms with van der Waals surface area (Å²) in [6.07, 6.45) is 1.22. The highest BCUT2D eigenvalue weighted by Crippen LogP contribution is 2.26. The molecular weight excluding hydrogens is 304 g/mol. The van der Waals surface area contributed by atoms with Gasteiger partial charge >= 0.3 is 0 Å². The van der Waals surface area contributed by atoms with Gasteiger partial charge in [0.2, 0.25) is 11.8 Å². The van der Waals surface area contributed by atoms with Gasteiger partial charge < -0.3 is 9.42 Å². The van der Waals surface area contributed by atoms with Crippen molar-refractivity contribution in [1.29, 1.82) is 0 Å². The zero-order chi connectivity index (χ0) is 16.4. The largest absolute Gasteiger partial charge is 0.342 e. The van der Waals surface area contributed by atoms with Gasteiger partial charge in [-0.05, 0) is 31.4 Å². The second-order valence-electron chi connectivity index (χ2n) is 5.74.